The number of phenolic OH excluding ortho intramolecular Hbond substituents is 1. The third kappa shape index (κ3) is 4.30. The summed E-state index contributed by atoms with van der Waals surface area (Å²) in [5.41, 5.74) is 1.11. The number of anilines is 1. The molecule has 2 fully saturated rings. The smallest absolute Gasteiger partial charge is 0.239 e. The van der Waals surface area contributed by atoms with Crippen LogP contribution in [0, 0.1) is 5.92 Å². The van der Waals surface area contributed by atoms with Crippen LogP contribution >= 0.6 is 12.4 Å². The van der Waals surface area contributed by atoms with Gasteiger partial charge in [0.25, 0.3) is 0 Å². The SMILES string of the molecule is CC1CCNC(C(=O)N2CCN(c3ccc(O)cc3)CC2)C1.Cl. The first-order chi connectivity index (χ1) is 10.6. The minimum Gasteiger partial charge on any atom is -0.508 e. The molecule has 0 aliphatic carbocycles. The standard InChI is InChI=1S/C17H25N3O2.ClH/c1-13-6-7-18-16(12-13)17(22)20-10-8-19(9-11-20)14-2-4-15(21)5-3-14;/h2-5,13,16,18,21H,6-12H2,1H3;1H. The Morgan fingerprint density at radius 1 is 1.17 bits per heavy atom. The molecule has 3 rings (SSSR count). The predicted octanol–water partition coefficient (Wildman–Crippen LogP) is 1.85. The van der Waals surface area contributed by atoms with E-state index in [1.54, 1.807) is 12.1 Å². The van der Waals surface area contributed by atoms with Crippen LogP contribution in [-0.4, -0.2) is 54.7 Å². The molecular formula is C17H26ClN3O2. The number of carbonyl (C=O) groups is 1. The quantitative estimate of drug-likeness (QED) is 0.863. The van der Waals surface area contributed by atoms with Gasteiger partial charge in [-0.15, -0.1) is 12.4 Å². The second kappa shape index (κ2) is 7.88. The number of hydrogen-bond acceptors (Lipinski definition) is 4. The Hall–Kier alpha value is -1.46. The Morgan fingerprint density at radius 3 is 2.43 bits per heavy atom. The van der Waals surface area contributed by atoms with Gasteiger partial charge in [-0.2, -0.15) is 0 Å². The van der Waals surface area contributed by atoms with Crippen LogP contribution in [0.2, 0.25) is 0 Å². The summed E-state index contributed by atoms with van der Waals surface area (Å²) in [7, 11) is 0. The van der Waals surface area contributed by atoms with Gasteiger partial charge in [-0.25, -0.2) is 0 Å². The summed E-state index contributed by atoms with van der Waals surface area (Å²) >= 11 is 0. The zero-order valence-corrected chi connectivity index (χ0v) is 14.4. The van der Waals surface area contributed by atoms with Gasteiger partial charge in [-0.3, -0.25) is 4.79 Å². The fourth-order valence-electron chi connectivity index (χ4n) is 3.36. The van der Waals surface area contributed by atoms with E-state index >= 15 is 0 Å². The van der Waals surface area contributed by atoms with Crippen LogP contribution in [0.3, 0.4) is 0 Å². The van der Waals surface area contributed by atoms with Crippen molar-refractivity contribution < 1.29 is 9.90 Å². The molecule has 2 aliphatic rings. The highest BCUT2D eigenvalue weighted by Gasteiger charge is 2.30. The van der Waals surface area contributed by atoms with Crippen molar-refractivity contribution in [2.75, 3.05) is 37.6 Å². The number of hydrogen-bond donors (Lipinski definition) is 2. The van der Waals surface area contributed by atoms with Gasteiger partial charge in [-0.05, 0) is 49.6 Å². The van der Waals surface area contributed by atoms with Crippen LogP contribution < -0.4 is 10.2 Å². The number of rotatable bonds is 2. The summed E-state index contributed by atoms with van der Waals surface area (Å²) in [6, 6.07) is 7.28. The maximum Gasteiger partial charge on any atom is 0.239 e. The zero-order valence-electron chi connectivity index (χ0n) is 13.6. The summed E-state index contributed by atoms with van der Waals surface area (Å²) in [5, 5.41) is 12.7. The van der Waals surface area contributed by atoms with Crippen LogP contribution in [-0.2, 0) is 4.79 Å². The van der Waals surface area contributed by atoms with Gasteiger partial charge in [0.2, 0.25) is 5.91 Å². The maximum atomic E-state index is 12.6. The lowest BCUT2D eigenvalue weighted by Gasteiger charge is -2.39. The molecule has 0 spiro atoms. The van der Waals surface area contributed by atoms with Crippen molar-refractivity contribution in [2.45, 2.75) is 25.8 Å². The molecule has 2 saturated heterocycles. The molecule has 1 aromatic rings. The molecule has 0 bridgehead atoms. The number of amides is 1. The van der Waals surface area contributed by atoms with Gasteiger partial charge >= 0.3 is 0 Å². The van der Waals surface area contributed by atoms with E-state index in [4.69, 9.17) is 0 Å². The van der Waals surface area contributed by atoms with Crippen molar-refractivity contribution in [1.82, 2.24) is 10.2 Å². The van der Waals surface area contributed by atoms with E-state index in [0.717, 1.165) is 44.8 Å². The highest BCUT2D eigenvalue weighted by atomic mass is 35.5. The lowest BCUT2D eigenvalue weighted by Crippen LogP contribution is -2.55. The molecule has 2 atom stereocenters. The normalized spacial score (nSPS) is 24.9. The Balaban J connectivity index is 0.00000192. The first-order valence-corrected chi connectivity index (χ1v) is 8.19. The number of benzene rings is 1. The van der Waals surface area contributed by atoms with Crippen LogP contribution in [0.25, 0.3) is 0 Å². The highest BCUT2D eigenvalue weighted by Crippen LogP contribution is 2.21. The van der Waals surface area contributed by atoms with Crippen molar-refractivity contribution in [1.29, 1.82) is 0 Å². The van der Waals surface area contributed by atoms with Crippen LogP contribution in [0.4, 0.5) is 5.69 Å². The van der Waals surface area contributed by atoms with Crippen molar-refractivity contribution >= 4 is 24.0 Å². The first-order valence-electron chi connectivity index (χ1n) is 8.19. The molecule has 6 heteroatoms. The first kappa shape index (κ1) is 17.9. The fraction of sp³-hybridized carbons (Fsp3) is 0.588. The van der Waals surface area contributed by atoms with Gasteiger partial charge < -0.3 is 20.2 Å². The van der Waals surface area contributed by atoms with E-state index in [9.17, 15) is 9.90 Å². The van der Waals surface area contributed by atoms with Crippen molar-refractivity contribution in [3.8, 4) is 5.75 Å². The van der Waals surface area contributed by atoms with E-state index in [2.05, 4.69) is 17.1 Å². The summed E-state index contributed by atoms with van der Waals surface area (Å²) in [5.74, 6) is 1.18. The summed E-state index contributed by atoms with van der Waals surface area (Å²) in [4.78, 5) is 16.9. The molecular weight excluding hydrogens is 314 g/mol. The van der Waals surface area contributed by atoms with Crippen molar-refractivity contribution in [3.63, 3.8) is 0 Å². The van der Waals surface area contributed by atoms with Gasteiger partial charge in [0.05, 0.1) is 6.04 Å². The molecule has 5 nitrogen and oxygen atoms in total. The second-order valence-electron chi connectivity index (χ2n) is 6.46. The Bertz CT molecular complexity index is 515. The topological polar surface area (TPSA) is 55.8 Å². The molecule has 0 saturated carbocycles. The minimum atomic E-state index is 0. The molecule has 2 N–H and O–H groups in total. The number of carbonyl (C=O) groups excluding carboxylic acids is 1. The van der Waals surface area contributed by atoms with Crippen LogP contribution in [0.5, 0.6) is 5.75 Å². The molecule has 1 amide bonds. The van der Waals surface area contributed by atoms with Crippen LogP contribution in [0.15, 0.2) is 24.3 Å². The van der Waals surface area contributed by atoms with E-state index in [1.165, 1.54) is 6.42 Å². The Morgan fingerprint density at radius 2 is 1.83 bits per heavy atom. The molecule has 0 aromatic heterocycles. The number of nitrogens with one attached hydrogen (secondary N) is 1. The maximum absolute atomic E-state index is 12.6. The van der Waals surface area contributed by atoms with E-state index < -0.39 is 0 Å². The molecule has 0 radical (unpaired) electrons. The monoisotopic (exact) mass is 339 g/mol. The van der Waals surface area contributed by atoms with E-state index in [-0.39, 0.29) is 30.1 Å². The second-order valence-corrected chi connectivity index (χ2v) is 6.46. The number of piperazine rings is 1. The number of halogens is 1. The molecule has 2 heterocycles. The molecule has 2 aliphatic heterocycles. The predicted molar refractivity (Wildman–Crippen MR) is 94.3 cm³/mol. The van der Waals surface area contributed by atoms with Crippen molar-refractivity contribution in [3.05, 3.63) is 24.3 Å². The third-order valence-electron chi connectivity index (χ3n) is 4.77. The number of phenols is 1. The van der Waals surface area contributed by atoms with Gasteiger partial charge in [-0.1, -0.05) is 6.92 Å². The van der Waals surface area contributed by atoms with Crippen molar-refractivity contribution in [2.24, 2.45) is 5.92 Å². The lowest BCUT2D eigenvalue weighted by molar-refractivity contribution is -0.134. The zero-order chi connectivity index (χ0) is 15.5. The van der Waals surface area contributed by atoms with Gasteiger partial charge in [0, 0.05) is 31.9 Å². The van der Waals surface area contributed by atoms with E-state index in [0.29, 0.717) is 5.92 Å². The van der Waals surface area contributed by atoms with E-state index in [1.807, 2.05) is 17.0 Å². The Labute approximate surface area is 144 Å². The summed E-state index contributed by atoms with van der Waals surface area (Å²) < 4.78 is 0. The molecule has 128 valence electrons. The number of aromatic hydroxyl groups is 1. The molecule has 23 heavy (non-hydrogen) atoms. The number of nitrogens with zero attached hydrogens (tertiary/aromatic N) is 2. The summed E-state index contributed by atoms with van der Waals surface area (Å²) in [6.45, 7) is 6.41. The van der Waals surface area contributed by atoms with Crippen LogP contribution in [0.1, 0.15) is 19.8 Å². The average molecular weight is 340 g/mol. The average Bonchev–Trinajstić information content (AvgIpc) is 2.55. The number of piperidine rings is 1. The molecule has 1 aromatic carbocycles. The fourth-order valence-corrected chi connectivity index (χ4v) is 3.36. The highest BCUT2D eigenvalue weighted by molar-refractivity contribution is 5.85. The Kier molecular flexibility index (Phi) is 6.13. The molecule has 2 unspecified atom stereocenters. The lowest BCUT2D eigenvalue weighted by atomic mass is 9.93. The van der Waals surface area contributed by atoms with Gasteiger partial charge in [0.1, 0.15) is 5.75 Å². The van der Waals surface area contributed by atoms with Gasteiger partial charge in [0.15, 0.2) is 0 Å². The largest absolute Gasteiger partial charge is 0.508 e. The summed E-state index contributed by atoms with van der Waals surface area (Å²) in [6.07, 6.45) is 2.12. The minimum absolute atomic E-state index is 0. The third-order valence-corrected chi connectivity index (χ3v) is 4.77.